The number of nitrogens with zero attached hydrogens (tertiary/aromatic N) is 2. The Hall–Kier alpha value is -0.870. The Labute approximate surface area is 72.2 Å². The fourth-order valence-corrected chi connectivity index (χ4v) is 1.05. The lowest BCUT2D eigenvalue weighted by atomic mass is 10.2. The second-order valence-electron chi connectivity index (χ2n) is 2.76. The molecule has 0 saturated heterocycles. The summed E-state index contributed by atoms with van der Waals surface area (Å²) < 4.78 is 2.00. The molecule has 0 bridgehead atoms. The maximum Gasteiger partial charge on any atom is 0.0945 e. The van der Waals surface area contributed by atoms with Gasteiger partial charge in [0.1, 0.15) is 0 Å². The van der Waals surface area contributed by atoms with E-state index >= 15 is 0 Å². The van der Waals surface area contributed by atoms with E-state index in [1.54, 1.807) is 12.5 Å². The molecule has 1 rings (SSSR count). The van der Waals surface area contributed by atoms with Crippen molar-refractivity contribution in [3.05, 3.63) is 18.7 Å². The number of rotatable bonds is 5. The number of imidazole rings is 1. The molecule has 0 amide bonds. The Morgan fingerprint density at radius 2 is 2.50 bits per heavy atom. The topological polar surface area (TPSA) is 50.1 Å². The highest BCUT2D eigenvalue weighted by Crippen LogP contribution is 1.95. The van der Waals surface area contributed by atoms with Crippen molar-refractivity contribution in [3.63, 3.8) is 0 Å². The van der Waals surface area contributed by atoms with Gasteiger partial charge in [0.2, 0.25) is 0 Å². The first kappa shape index (κ1) is 9.22. The summed E-state index contributed by atoms with van der Waals surface area (Å²) >= 11 is 0. The highest BCUT2D eigenvalue weighted by atomic mass is 16.3. The Kier molecular flexibility index (Phi) is 3.76. The molecule has 0 radical (unpaired) electrons. The van der Waals surface area contributed by atoms with Gasteiger partial charge in [-0.3, -0.25) is 0 Å². The maximum absolute atomic E-state index is 8.87. The fraction of sp³-hybridized carbons (Fsp3) is 0.625. The van der Waals surface area contributed by atoms with E-state index in [9.17, 15) is 0 Å². The first-order valence-corrected chi connectivity index (χ1v) is 4.10. The molecule has 0 saturated carbocycles. The Balaban J connectivity index is 2.25. The third-order valence-electron chi connectivity index (χ3n) is 1.92. The van der Waals surface area contributed by atoms with E-state index in [1.807, 2.05) is 17.8 Å². The van der Waals surface area contributed by atoms with Crippen LogP contribution in [0.5, 0.6) is 0 Å². The molecule has 0 aliphatic carbocycles. The van der Waals surface area contributed by atoms with Gasteiger partial charge in [-0.25, -0.2) is 4.98 Å². The van der Waals surface area contributed by atoms with Crippen molar-refractivity contribution in [1.29, 1.82) is 0 Å². The van der Waals surface area contributed by atoms with E-state index in [1.165, 1.54) is 0 Å². The van der Waals surface area contributed by atoms with Crippen molar-refractivity contribution in [1.82, 2.24) is 14.9 Å². The minimum absolute atomic E-state index is 0.186. The minimum Gasteiger partial charge on any atom is -0.395 e. The van der Waals surface area contributed by atoms with E-state index in [-0.39, 0.29) is 12.6 Å². The van der Waals surface area contributed by atoms with Gasteiger partial charge in [-0.2, -0.15) is 0 Å². The molecule has 0 spiro atoms. The first-order valence-electron chi connectivity index (χ1n) is 4.10. The molecule has 0 fully saturated rings. The van der Waals surface area contributed by atoms with E-state index in [0.29, 0.717) is 0 Å². The molecule has 1 aromatic rings. The summed E-state index contributed by atoms with van der Waals surface area (Å²) in [4.78, 5) is 3.93. The number of nitrogens with one attached hydrogen (secondary N) is 1. The van der Waals surface area contributed by atoms with Crippen LogP contribution in [-0.4, -0.2) is 34.4 Å². The number of hydrogen-bond donors (Lipinski definition) is 2. The molecule has 0 aromatic carbocycles. The van der Waals surface area contributed by atoms with Crippen molar-refractivity contribution in [2.45, 2.75) is 19.0 Å². The van der Waals surface area contributed by atoms with Gasteiger partial charge in [0.15, 0.2) is 0 Å². The van der Waals surface area contributed by atoms with Gasteiger partial charge in [0, 0.05) is 25.0 Å². The molecule has 1 heterocycles. The number of likely N-dealkylation sites (N-methyl/N-ethyl adjacent to an activating group) is 1. The number of aliphatic hydroxyl groups excluding tert-OH is 1. The van der Waals surface area contributed by atoms with Crippen molar-refractivity contribution < 1.29 is 5.11 Å². The van der Waals surface area contributed by atoms with Crippen molar-refractivity contribution >= 4 is 0 Å². The van der Waals surface area contributed by atoms with Crippen molar-refractivity contribution in [2.75, 3.05) is 13.7 Å². The van der Waals surface area contributed by atoms with Crippen molar-refractivity contribution in [3.8, 4) is 0 Å². The number of aliphatic hydroxyl groups is 1. The molecule has 12 heavy (non-hydrogen) atoms. The predicted molar refractivity (Wildman–Crippen MR) is 46.8 cm³/mol. The van der Waals surface area contributed by atoms with Crippen LogP contribution in [0, 0.1) is 0 Å². The smallest absolute Gasteiger partial charge is 0.0945 e. The summed E-state index contributed by atoms with van der Waals surface area (Å²) in [7, 11) is 1.86. The molecular weight excluding hydrogens is 154 g/mol. The van der Waals surface area contributed by atoms with E-state index in [4.69, 9.17) is 5.11 Å². The molecule has 0 aliphatic heterocycles. The van der Waals surface area contributed by atoms with Crippen LogP contribution in [0.3, 0.4) is 0 Å². The van der Waals surface area contributed by atoms with Gasteiger partial charge in [-0.1, -0.05) is 0 Å². The van der Waals surface area contributed by atoms with Gasteiger partial charge < -0.3 is 15.0 Å². The summed E-state index contributed by atoms with van der Waals surface area (Å²) in [5.41, 5.74) is 0. The van der Waals surface area contributed by atoms with Gasteiger partial charge >= 0.3 is 0 Å². The average molecular weight is 169 g/mol. The zero-order valence-electron chi connectivity index (χ0n) is 7.27. The van der Waals surface area contributed by atoms with Gasteiger partial charge in [-0.15, -0.1) is 0 Å². The summed E-state index contributed by atoms with van der Waals surface area (Å²) in [5, 5.41) is 11.9. The number of aryl methyl sites for hydroxylation is 1. The van der Waals surface area contributed by atoms with Crippen LogP contribution < -0.4 is 5.32 Å². The normalized spacial score (nSPS) is 13.2. The first-order chi connectivity index (χ1) is 5.86. The van der Waals surface area contributed by atoms with Crippen LogP contribution in [0.1, 0.15) is 6.42 Å². The van der Waals surface area contributed by atoms with Crippen LogP contribution >= 0.6 is 0 Å². The summed E-state index contributed by atoms with van der Waals surface area (Å²) in [6, 6.07) is 0.187. The molecule has 1 unspecified atom stereocenters. The summed E-state index contributed by atoms with van der Waals surface area (Å²) in [6.07, 6.45) is 6.38. The fourth-order valence-electron chi connectivity index (χ4n) is 1.05. The minimum atomic E-state index is 0.186. The molecule has 1 atom stereocenters. The molecule has 0 aliphatic rings. The maximum atomic E-state index is 8.87. The SMILES string of the molecule is CNC(CO)CCn1ccnc1. The average Bonchev–Trinajstić information content (AvgIpc) is 2.59. The van der Waals surface area contributed by atoms with Gasteiger partial charge in [0.25, 0.3) is 0 Å². The number of aromatic nitrogens is 2. The van der Waals surface area contributed by atoms with Crippen LogP contribution in [0.4, 0.5) is 0 Å². The van der Waals surface area contributed by atoms with E-state index in [2.05, 4.69) is 10.3 Å². The quantitative estimate of drug-likeness (QED) is 0.644. The van der Waals surface area contributed by atoms with Crippen LogP contribution in [0.15, 0.2) is 18.7 Å². The second kappa shape index (κ2) is 4.90. The molecule has 4 heteroatoms. The lowest BCUT2D eigenvalue weighted by Gasteiger charge is -2.12. The molecule has 1 aromatic heterocycles. The second-order valence-corrected chi connectivity index (χ2v) is 2.76. The van der Waals surface area contributed by atoms with Gasteiger partial charge in [0.05, 0.1) is 12.9 Å². The van der Waals surface area contributed by atoms with Crippen molar-refractivity contribution in [2.24, 2.45) is 0 Å². The van der Waals surface area contributed by atoms with Crippen LogP contribution in [0.2, 0.25) is 0 Å². The third-order valence-corrected chi connectivity index (χ3v) is 1.92. The Morgan fingerprint density at radius 3 is 3.00 bits per heavy atom. The summed E-state index contributed by atoms with van der Waals surface area (Å²) in [5.74, 6) is 0. The van der Waals surface area contributed by atoms with Crippen LogP contribution in [0.25, 0.3) is 0 Å². The number of hydrogen-bond acceptors (Lipinski definition) is 3. The summed E-state index contributed by atoms with van der Waals surface area (Å²) in [6.45, 7) is 1.08. The van der Waals surface area contributed by atoms with E-state index in [0.717, 1.165) is 13.0 Å². The lowest BCUT2D eigenvalue weighted by Crippen LogP contribution is -2.30. The molecule has 2 N–H and O–H groups in total. The van der Waals surface area contributed by atoms with Gasteiger partial charge in [-0.05, 0) is 13.5 Å². The molecule has 68 valence electrons. The molecule has 4 nitrogen and oxygen atoms in total. The Morgan fingerprint density at radius 1 is 1.67 bits per heavy atom. The largest absolute Gasteiger partial charge is 0.395 e. The van der Waals surface area contributed by atoms with E-state index < -0.39 is 0 Å². The highest BCUT2D eigenvalue weighted by molar-refractivity contribution is 4.75. The standard InChI is InChI=1S/C8H15N3O/c1-9-8(6-12)2-4-11-5-3-10-7-11/h3,5,7-9,12H,2,4,6H2,1H3. The lowest BCUT2D eigenvalue weighted by molar-refractivity contribution is 0.238. The zero-order valence-corrected chi connectivity index (χ0v) is 7.27. The molecular formula is C8H15N3O. The van der Waals surface area contributed by atoms with Crippen LogP contribution in [-0.2, 0) is 6.54 Å². The zero-order chi connectivity index (χ0) is 8.81. The predicted octanol–water partition coefficient (Wildman–Crippen LogP) is -0.147. The third kappa shape index (κ3) is 2.64. The Bertz CT molecular complexity index is 194. The highest BCUT2D eigenvalue weighted by Gasteiger charge is 2.02. The monoisotopic (exact) mass is 169 g/mol.